The van der Waals surface area contributed by atoms with Crippen LogP contribution >= 0.6 is 23.2 Å². The molecule has 2 aromatic carbocycles. The Bertz CT molecular complexity index is 915. The van der Waals surface area contributed by atoms with E-state index in [-0.39, 0.29) is 24.8 Å². The molecule has 162 valence electrons. The molecule has 0 aromatic heterocycles. The molecule has 0 saturated heterocycles. The lowest BCUT2D eigenvalue weighted by Crippen LogP contribution is -2.52. The molecule has 0 fully saturated rings. The van der Waals surface area contributed by atoms with Crippen molar-refractivity contribution in [2.75, 3.05) is 0 Å². The standard InChI is InChI=1S/C24H30Cl2N2O2/c1-15-10-11-18(12-16(15)2)13-22(29)28(17(3)23(30)27-24(4,5)6)14-19-20(25)8-7-9-21(19)26/h7-12,17H,13-14H2,1-6H3,(H,27,30)/t17-/m1/s1. The van der Waals surface area contributed by atoms with Crippen LogP contribution in [0.3, 0.4) is 0 Å². The molecule has 0 heterocycles. The molecule has 0 aliphatic rings. The van der Waals surface area contributed by atoms with Crippen molar-refractivity contribution in [3.05, 3.63) is 68.7 Å². The Labute approximate surface area is 189 Å². The van der Waals surface area contributed by atoms with Crippen LogP contribution in [0, 0.1) is 13.8 Å². The quantitative estimate of drug-likeness (QED) is 0.635. The van der Waals surface area contributed by atoms with E-state index in [1.165, 1.54) is 5.56 Å². The van der Waals surface area contributed by atoms with Crippen molar-refractivity contribution in [2.24, 2.45) is 0 Å². The zero-order valence-electron chi connectivity index (χ0n) is 18.5. The fourth-order valence-corrected chi connectivity index (χ4v) is 3.62. The van der Waals surface area contributed by atoms with E-state index in [1.54, 1.807) is 30.0 Å². The van der Waals surface area contributed by atoms with Crippen molar-refractivity contribution in [1.29, 1.82) is 0 Å². The first kappa shape index (κ1) is 24.2. The number of halogens is 2. The first-order valence-electron chi connectivity index (χ1n) is 9.99. The summed E-state index contributed by atoms with van der Waals surface area (Å²) in [5.41, 5.74) is 3.42. The zero-order valence-corrected chi connectivity index (χ0v) is 20.0. The number of carbonyl (C=O) groups excluding carboxylic acids is 2. The third-order valence-corrected chi connectivity index (χ3v) is 5.69. The largest absolute Gasteiger partial charge is 0.350 e. The summed E-state index contributed by atoms with van der Waals surface area (Å²) in [7, 11) is 0. The Hall–Kier alpha value is -2.04. The third-order valence-electron chi connectivity index (χ3n) is 4.98. The summed E-state index contributed by atoms with van der Waals surface area (Å²) < 4.78 is 0. The van der Waals surface area contributed by atoms with Gasteiger partial charge in [-0.15, -0.1) is 0 Å². The highest BCUT2D eigenvalue weighted by Gasteiger charge is 2.29. The number of nitrogens with one attached hydrogen (secondary N) is 1. The van der Waals surface area contributed by atoms with Crippen LogP contribution in [-0.4, -0.2) is 28.3 Å². The summed E-state index contributed by atoms with van der Waals surface area (Å²) >= 11 is 12.7. The van der Waals surface area contributed by atoms with Crippen molar-refractivity contribution in [3.63, 3.8) is 0 Å². The van der Waals surface area contributed by atoms with Gasteiger partial charge in [0.1, 0.15) is 6.04 Å². The highest BCUT2D eigenvalue weighted by atomic mass is 35.5. The molecular formula is C24H30Cl2N2O2. The molecular weight excluding hydrogens is 419 g/mol. The molecule has 0 saturated carbocycles. The van der Waals surface area contributed by atoms with E-state index >= 15 is 0 Å². The average Bonchev–Trinajstić information content (AvgIpc) is 2.62. The first-order chi connectivity index (χ1) is 13.9. The van der Waals surface area contributed by atoms with Gasteiger partial charge in [0.2, 0.25) is 11.8 Å². The second kappa shape index (κ2) is 9.84. The van der Waals surface area contributed by atoms with Crippen molar-refractivity contribution < 1.29 is 9.59 Å². The van der Waals surface area contributed by atoms with Gasteiger partial charge in [-0.1, -0.05) is 47.5 Å². The summed E-state index contributed by atoms with van der Waals surface area (Å²) in [6.07, 6.45) is 0.191. The monoisotopic (exact) mass is 448 g/mol. The predicted molar refractivity (Wildman–Crippen MR) is 124 cm³/mol. The van der Waals surface area contributed by atoms with Gasteiger partial charge in [-0.25, -0.2) is 0 Å². The van der Waals surface area contributed by atoms with Crippen LogP contribution in [0.15, 0.2) is 36.4 Å². The van der Waals surface area contributed by atoms with Crippen LogP contribution in [0.25, 0.3) is 0 Å². The molecule has 0 spiro atoms. The maximum absolute atomic E-state index is 13.3. The first-order valence-corrected chi connectivity index (χ1v) is 10.7. The fraction of sp³-hybridized carbons (Fsp3) is 0.417. The van der Waals surface area contributed by atoms with Crippen molar-refractivity contribution >= 4 is 35.0 Å². The summed E-state index contributed by atoms with van der Waals surface area (Å²) in [5.74, 6) is -0.384. The normalized spacial score (nSPS) is 12.4. The molecule has 0 bridgehead atoms. The molecule has 30 heavy (non-hydrogen) atoms. The van der Waals surface area contributed by atoms with Gasteiger partial charge in [-0.2, -0.15) is 0 Å². The maximum Gasteiger partial charge on any atom is 0.242 e. The molecule has 0 aliphatic carbocycles. The summed E-state index contributed by atoms with van der Waals surface area (Å²) in [4.78, 5) is 27.7. The number of hydrogen-bond acceptors (Lipinski definition) is 2. The van der Waals surface area contributed by atoms with E-state index in [2.05, 4.69) is 5.32 Å². The highest BCUT2D eigenvalue weighted by Crippen LogP contribution is 2.27. The van der Waals surface area contributed by atoms with E-state index in [0.717, 1.165) is 11.1 Å². The summed E-state index contributed by atoms with van der Waals surface area (Å²) in [6, 6.07) is 10.5. The molecule has 6 heteroatoms. The van der Waals surface area contributed by atoms with Crippen LogP contribution in [0.2, 0.25) is 10.0 Å². The molecule has 1 atom stereocenters. The van der Waals surface area contributed by atoms with Crippen LogP contribution in [0.4, 0.5) is 0 Å². The van der Waals surface area contributed by atoms with Crippen LogP contribution < -0.4 is 5.32 Å². The van der Waals surface area contributed by atoms with Crippen LogP contribution in [0.1, 0.15) is 49.9 Å². The van der Waals surface area contributed by atoms with Crippen LogP contribution in [0.5, 0.6) is 0 Å². The fourth-order valence-electron chi connectivity index (χ4n) is 3.10. The van der Waals surface area contributed by atoms with Gasteiger partial charge in [-0.05, 0) is 70.4 Å². The Morgan fingerprint density at radius 3 is 2.17 bits per heavy atom. The Morgan fingerprint density at radius 2 is 1.63 bits per heavy atom. The highest BCUT2D eigenvalue weighted by molar-refractivity contribution is 6.36. The number of nitrogens with zero attached hydrogens (tertiary/aromatic N) is 1. The van der Waals surface area contributed by atoms with Crippen LogP contribution in [-0.2, 0) is 22.6 Å². The summed E-state index contributed by atoms with van der Waals surface area (Å²) in [6.45, 7) is 11.7. The van der Waals surface area contributed by atoms with Crippen molar-refractivity contribution in [3.8, 4) is 0 Å². The van der Waals surface area contributed by atoms with Gasteiger partial charge in [0.25, 0.3) is 0 Å². The number of carbonyl (C=O) groups is 2. The second-order valence-electron chi connectivity index (χ2n) is 8.73. The minimum Gasteiger partial charge on any atom is -0.350 e. The average molecular weight is 449 g/mol. The predicted octanol–water partition coefficient (Wildman–Crippen LogP) is 5.48. The Kier molecular flexibility index (Phi) is 7.95. The maximum atomic E-state index is 13.3. The van der Waals surface area contributed by atoms with E-state index < -0.39 is 11.6 Å². The second-order valence-corrected chi connectivity index (χ2v) is 9.55. The summed E-state index contributed by atoms with van der Waals surface area (Å²) in [5, 5.41) is 3.89. The number of rotatable bonds is 6. The smallest absolute Gasteiger partial charge is 0.242 e. The minimum atomic E-state index is -0.685. The molecule has 0 aliphatic heterocycles. The molecule has 2 rings (SSSR count). The number of benzene rings is 2. The van der Waals surface area contributed by atoms with Gasteiger partial charge in [0.15, 0.2) is 0 Å². The van der Waals surface area contributed by atoms with Gasteiger partial charge in [0.05, 0.1) is 6.42 Å². The lowest BCUT2D eigenvalue weighted by molar-refractivity contribution is -0.140. The number of hydrogen-bond donors (Lipinski definition) is 1. The molecule has 0 unspecified atom stereocenters. The number of aryl methyl sites for hydroxylation is 2. The van der Waals surface area contributed by atoms with Crippen molar-refractivity contribution in [2.45, 2.75) is 66.1 Å². The molecule has 0 radical (unpaired) electrons. The van der Waals surface area contributed by atoms with E-state index in [1.807, 2.05) is 52.8 Å². The number of amides is 2. The topological polar surface area (TPSA) is 49.4 Å². The zero-order chi connectivity index (χ0) is 22.6. The van der Waals surface area contributed by atoms with Gasteiger partial charge in [-0.3, -0.25) is 9.59 Å². The molecule has 2 aromatic rings. The lowest BCUT2D eigenvalue weighted by atomic mass is 10.0. The molecule has 4 nitrogen and oxygen atoms in total. The molecule has 1 N–H and O–H groups in total. The van der Waals surface area contributed by atoms with Gasteiger partial charge < -0.3 is 10.2 Å². The van der Waals surface area contributed by atoms with E-state index in [0.29, 0.717) is 15.6 Å². The lowest BCUT2D eigenvalue weighted by Gasteiger charge is -2.32. The Morgan fingerprint density at radius 1 is 1.03 bits per heavy atom. The van der Waals surface area contributed by atoms with E-state index in [4.69, 9.17) is 23.2 Å². The van der Waals surface area contributed by atoms with Gasteiger partial charge >= 0.3 is 0 Å². The molecule has 2 amide bonds. The van der Waals surface area contributed by atoms with Crippen molar-refractivity contribution in [1.82, 2.24) is 10.2 Å². The SMILES string of the molecule is Cc1ccc(CC(=O)N(Cc2c(Cl)cccc2Cl)[C@H](C)C(=O)NC(C)(C)C)cc1C. The minimum absolute atomic E-state index is 0.154. The van der Waals surface area contributed by atoms with E-state index in [9.17, 15) is 9.59 Å². The van der Waals surface area contributed by atoms with Gasteiger partial charge in [0, 0.05) is 27.7 Å². The Balaban J connectivity index is 2.35. The third kappa shape index (κ3) is 6.48.